The van der Waals surface area contributed by atoms with E-state index in [0.29, 0.717) is 35.7 Å². The van der Waals surface area contributed by atoms with Gasteiger partial charge in [-0.15, -0.1) is 0 Å². The molecule has 1 heterocycles. The Morgan fingerprint density at radius 2 is 1.64 bits per heavy atom. The van der Waals surface area contributed by atoms with Crippen molar-refractivity contribution in [3.63, 3.8) is 0 Å². The fraction of sp³-hybridized carbons (Fsp3) is 0.448. The highest BCUT2D eigenvalue weighted by atomic mass is 16.5. The van der Waals surface area contributed by atoms with Gasteiger partial charge in [-0.1, -0.05) is 52.8 Å². The van der Waals surface area contributed by atoms with Gasteiger partial charge in [-0.2, -0.15) is 0 Å². The van der Waals surface area contributed by atoms with Crippen LogP contribution < -0.4 is 9.47 Å². The normalized spacial score (nSPS) is 17.7. The standard InChI is InChI=1S/C29H38N2O5/c1-8-30(9-2)16-17-31-25(20-12-10-11-13-22(20)35-6)24(27(33)28(31)34)26(32)19-14-15-23(36-7)21(18-19)29(3,4)5/h10-15,18,25,32H,8-9,16-17H2,1-7H3/b26-24+. The van der Waals surface area contributed by atoms with Crippen LogP contribution in [-0.2, 0) is 15.0 Å². The number of carbonyl (C=O) groups excluding carboxylic acids is 2. The summed E-state index contributed by atoms with van der Waals surface area (Å²) in [6.45, 7) is 12.9. The number of methoxy groups -OCH3 is 2. The average molecular weight is 495 g/mol. The quantitative estimate of drug-likeness (QED) is 0.308. The van der Waals surface area contributed by atoms with Crippen LogP contribution in [0, 0.1) is 0 Å². The molecule has 0 aromatic heterocycles. The Kier molecular flexibility index (Phi) is 8.46. The zero-order valence-electron chi connectivity index (χ0n) is 22.4. The van der Waals surface area contributed by atoms with Crippen LogP contribution in [-0.4, -0.2) is 67.0 Å². The minimum absolute atomic E-state index is 0.0640. The smallest absolute Gasteiger partial charge is 0.295 e. The third kappa shape index (κ3) is 5.26. The summed E-state index contributed by atoms with van der Waals surface area (Å²) in [5.74, 6) is -0.281. The second-order valence-electron chi connectivity index (χ2n) is 9.93. The molecule has 1 aliphatic heterocycles. The maximum Gasteiger partial charge on any atom is 0.295 e. The molecule has 1 saturated heterocycles. The average Bonchev–Trinajstić information content (AvgIpc) is 3.12. The minimum atomic E-state index is -0.767. The number of hydrogen-bond donors (Lipinski definition) is 1. The first-order chi connectivity index (χ1) is 17.1. The molecule has 7 heteroatoms. The number of ether oxygens (including phenoxy) is 2. The SMILES string of the molecule is CCN(CC)CCN1C(=O)C(=O)/C(=C(/O)c2ccc(OC)c(C(C)(C)C)c2)C1c1ccccc1OC. The summed E-state index contributed by atoms with van der Waals surface area (Å²) in [7, 11) is 3.16. The van der Waals surface area contributed by atoms with E-state index in [1.807, 2.05) is 24.3 Å². The summed E-state index contributed by atoms with van der Waals surface area (Å²) >= 11 is 0. The van der Waals surface area contributed by atoms with Gasteiger partial charge in [-0.25, -0.2) is 0 Å². The molecule has 2 aromatic rings. The van der Waals surface area contributed by atoms with Crippen molar-refractivity contribution in [3.8, 4) is 11.5 Å². The largest absolute Gasteiger partial charge is 0.507 e. The molecule has 1 fully saturated rings. The number of hydrogen-bond acceptors (Lipinski definition) is 6. The Morgan fingerprint density at radius 1 is 1.00 bits per heavy atom. The van der Waals surface area contributed by atoms with Gasteiger partial charge < -0.3 is 24.4 Å². The predicted molar refractivity (Wildman–Crippen MR) is 141 cm³/mol. The predicted octanol–water partition coefficient (Wildman–Crippen LogP) is 4.76. The number of likely N-dealkylation sites (N-methyl/N-ethyl adjacent to an activating group) is 1. The molecule has 0 spiro atoms. The van der Waals surface area contributed by atoms with Crippen LogP contribution in [0.4, 0.5) is 0 Å². The molecular weight excluding hydrogens is 456 g/mol. The van der Waals surface area contributed by atoms with Gasteiger partial charge in [0.05, 0.1) is 25.8 Å². The number of para-hydroxylation sites is 1. The van der Waals surface area contributed by atoms with Gasteiger partial charge in [-0.05, 0) is 42.8 Å². The molecule has 0 saturated carbocycles. The van der Waals surface area contributed by atoms with Gasteiger partial charge in [0.2, 0.25) is 0 Å². The van der Waals surface area contributed by atoms with E-state index < -0.39 is 17.7 Å². The lowest BCUT2D eigenvalue weighted by atomic mass is 9.84. The number of amides is 1. The number of nitrogens with zero attached hydrogens (tertiary/aromatic N) is 2. The molecule has 7 nitrogen and oxygen atoms in total. The van der Waals surface area contributed by atoms with Crippen LogP contribution >= 0.6 is 0 Å². The number of likely N-dealkylation sites (tertiary alicyclic amines) is 1. The molecule has 194 valence electrons. The number of rotatable bonds is 9. The van der Waals surface area contributed by atoms with E-state index in [-0.39, 0.29) is 16.7 Å². The summed E-state index contributed by atoms with van der Waals surface area (Å²) in [6.07, 6.45) is 0. The van der Waals surface area contributed by atoms with Crippen molar-refractivity contribution in [2.45, 2.75) is 46.1 Å². The lowest BCUT2D eigenvalue weighted by molar-refractivity contribution is -0.140. The first-order valence-electron chi connectivity index (χ1n) is 12.4. The molecule has 1 amide bonds. The van der Waals surface area contributed by atoms with E-state index >= 15 is 0 Å². The molecule has 0 aliphatic carbocycles. The fourth-order valence-corrected chi connectivity index (χ4v) is 4.71. The highest BCUT2D eigenvalue weighted by molar-refractivity contribution is 6.46. The number of aliphatic hydroxyl groups is 1. The second kappa shape index (κ2) is 11.2. The van der Waals surface area contributed by atoms with Gasteiger partial charge >= 0.3 is 0 Å². The Morgan fingerprint density at radius 3 is 2.22 bits per heavy atom. The molecule has 0 radical (unpaired) electrons. The zero-order chi connectivity index (χ0) is 26.6. The van der Waals surface area contributed by atoms with Gasteiger partial charge in [0.25, 0.3) is 11.7 Å². The van der Waals surface area contributed by atoms with Crippen LogP contribution in [0.1, 0.15) is 57.4 Å². The van der Waals surface area contributed by atoms with E-state index in [2.05, 4.69) is 39.5 Å². The highest BCUT2D eigenvalue weighted by Gasteiger charge is 2.47. The molecular formula is C29H38N2O5. The Labute approximate surface area is 214 Å². The highest BCUT2D eigenvalue weighted by Crippen LogP contribution is 2.43. The minimum Gasteiger partial charge on any atom is -0.507 e. The summed E-state index contributed by atoms with van der Waals surface area (Å²) in [6, 6.07) is 11.9. The molecule has 1 aliphatic rings. The number of aliphatic hydroxyl groups excluding tert-OH is 1. The monoisotopic (exact) mass is 494 g/mol. The molecule has 3 rings (SSSR count). The number of carbonyl (C=O) groups is 2. The van der Waals surface area contributed by atoms with Crippen molar-refractivity contribution in [1.82, 2.24) is 9.80 Å². The van der Waals surface area contributed by atoms with Gasteiger partial charge in [-0.3, -0.25) is 9.59 Å². The zero-order valence-corrected chi connectivity index (χ0v) is 22.4. The third-order valence-electron chi connectivity index (χ3n) is 6.81. The maximum absolute atomic E-state index is 13.4. The Hall–Kier alpha value is -3.32. The van der Waals surface area contributed by atoms with Crippen molar-refractivity contribution in [1.29, 1.82) is 0 Å². The topological polar surface area (TPSA) is 79.3 Å². The lowest BCUT2D eigenvalue weighted by Crippen LogP contribution is -2.38. The van der Waals surface area contributed by atoms with Gasteiger partial charge in [0.15, 0.2) is 0 Å². The van der Waals surface area contributed by atoms with Crippen LogP contribution in [0.2, 0.25) is 0 Å². The first kappa shape index (κ1) is 27.3. The van der Waals surface area contributed by atoms with Crippen LogP contribution in [0.25, 0.3) is 5.76 Å². The fourth-order valence-electron chi connectivity index (χ4n) is 4.71. The maximum atomic E-state index is 13.4. The Balaban J connectivity index is 2.21. The molecule has 0 bridgehead atoms. The van der Waals surface area contributed by atoms with Crippen molar-refractivity contribution < 1.29 is 24.2 Å². The molecule has 1 atom stereocenters. The van der Waals surface area contributed by atoms with Gasteiger partial charge in [0, 0.05) is 29.8 Å². The summed E-state index contributed by atoms with van der Waals surface area (Å²) in [5, 5.41) is 11.5. The van der Waals surface area contributed by atoms with E-state index in [1.165, 1.54) is 0 Å². The van der Waals surface area contributed by atoms with E-state index in [1.54, 1.807) is 37.3 Å². The van der Waals surface area contributed by atoms with Gasteiger partial charge in [0.1, 0.15) is 17.3 Å². The van der Waals surface area contributed by atoms with Crippen molar-refractivity contribution >= 4 is 17.4 Å². The summed E-state index contributed by atoms with van der Waals surface area (Å²) in [4.78, 5) is 30.5. The van der Waals surface area contributed by atoms with E-state index in [4.69, 9.17) is 9.47 Å². The molecule has 36 heavy (non-hydrogen) atoms. The van der Waals surface area contributed by atoms with Crippen LogP contribution in [0.5, 0.6) is 11.5 Å². The summed E-state index contributed by atoms with van der Waals surface area (Å²) in [5.41, 5.74) is 1.81. The third-order valence-corrected chi connectivity index (χ3v) is 6.81. The van der Waals surface area contributed by atoms with Crippen LogP contribution in [0.3, 0.4) is 0 Å². The number of Topliss-reactive ketones (excluding diaryl/α,β-unsaturated/α-hetero) is 1. The summed E-state index contributed by atoms with van der Waals surface area (Å²) < 4.78 is 11.1. The molecule has 1 unspecified atom stereocenters. The van der Waals surface area contributed by atoms with E-state index in [9.17, 15) is 14.7 Å². The van der Waals surface area contributed by atoms with E-state index in [0.717, 1.165) is 18.7 Å². The molecule has 2 aromatic carbocycles. The Bertz CT molecular complexity index is 1140. The molecule has 1 N–H and O–H groups in total. The number of benzene rings is 2. The first-order valence-corrected chi connectivity index (χ1v) is 12.4. The second-order valence-corrected chi connectivity index (χ2v) is 9.93. The van der Waals surface area contributed by atoms with Crippen molar-refractivity contribution in [3.05, 3.63) is 64.7 Å². The van der Waals surface area contributed by atoms with Crippen molar-refractivity contribution in [2.24, 2.45) is 0 Å². The number of ketones is 1. The lowest BCUT2D eigenvalue weighted by Gasteiger charge is -2.29. The van der Waals surface area contributed by atoms with Crippen molar-refractivity contribution in [2.75, 3.05) is 40.4 Å². The van der Waals surface area contributed by atoms with Crippen LogP contribution in [0.15, 0.2) is 48.0 Å².